The van der Waals surface area contributed by atoms with Gasteiger partial charge in [-0.2, -0.15) is 0 Å². The standard InChI is InChI=1S/C23H24N2O5/c1-2-3-4-11-24-20(27)14-7-9-16-19-17(10-8-15(18(14)19)21(24)28)23(30)25(22(16)29)12-5-6-13-26/h7-10,26H,2-6,11-13H2,1H3. The predicted octanol–water partition coefficient (Wildman–Crippen LogP) is 2.99. The number of hydrogen-bond donors (Lipinski definition) is 1. The summed E-state index contributed by atoms with van der Waals surface area (Å²) >= 11 is 0. The Kier molecular flexibility index (Phi) is 5.39. The molecule has 7 nitrogen and oxygen atoms in total. The average molecular weight is 408 g/mol. The number of carbonyl (C=O) groups excluding carboxylic acids is 4. The van der Waals surface area contributed by atoms with Gasteiger partial charge in [0.15, 0.2) is 0 Å². The van der Waals surface area contributed by atoms with Crippen molar-refractivity contribution >= 4 is 34.4 Å². The Labute approximate surface area is 174 Å². The number of rotatable bonds is 8. The highest BCUT2D eigenvalue weighted by Gasteiger charge is 2.39. The van der Waals surface area contributed by atoms with Gasteiger partial charge in [-0.3, -0.25) is 29.0 Å². The van der Waals surface area contributed by atoms with E-state index in [-0.39, 0.29) is 25.0 Å². The Bertz CT molecular complexity index is 920. The molecule has 2 aromatic rings. The lowest BCUT2D eigenvalue weighted by Crippen LogP contribution is -2.43. The van der Waals surface area contributed by atoms with Crippen molar-refractivity contribution in [2.45, 2.75) is 39.0 Å². The molecule has 0 fully saturated rings. The molecule has 4 amide bonds. The van der Waals surface area contributed by atoms with Crippen LogP contribution in [0.2, 0.25) is 0 Å². The molecule has 0 saturated heterocycles. The number of imide groups is 2. The maximum absolute atomic E-state index is 13.0. The highest BCUT2D eigenvalue weighted by Crippen LogP contribution is 2.37. The van der Waals surface area contributed by atoms with Crippen LogP contribution in [0, 0.1) is 0 Å². The molecule has 0 spiro atoms. The van der Waals surface area contributed by atoms with E-state index in [2.05, 4.69) is 6.92 Å². The first-order chi connectivity index (χ1) is 14.5. The molecule has 0 aliphatic carbocycles. The van der Waals surface area contributed by atoms with E-state index in [1.807, 2.05) is 0 Å². The summed E-state index contributed by atoms with van der Waals surface area (Å²) in [5.41, 5.74) is 1.37. The number of nitrogens with zero attached hydrogens (tertiary/aromatic N) is 2. The van der Waals surface area contributed by atoms with Crippen LogP contribution in [0.5, 0.6) is 0 Å². The number of hydrogen-bond acceptors (Lipinski definition) is 5. The van der Waals surface area contributed by atoms with Gasteiger partial charge < -0.3 is 5.11 Å². The maximum atomic E-state index is 13.0. The van der Waals surface area contributed by atoms with Crippen molar-refractivity contribution < 1.29 is 24.3 Å². The number of amides is 4. The van der Waals surface area contributed by atoms with Gasteiger partial charge in [-0.15, -0.1) is 0 Å². The van der Waals surface area contributed by atoms with E-state index >= 15 is 0 Å². The van der Waals surface area contributed by atoms with Crippen LogP contribution in [0.4, 0.5) is 0 Å². The van der Waals surface area contributed by atoms with Crippen LogP contribution in [0.3, 0.4) is 0 Å². The monoisotopic (exact) mass is 408 g/mol. The molecule has 2 heterocycles. The van der Waals surface area contributed by atoms with Crippen molar-refractivity contribution in [1.29, 1.82) is 0 Å². The summed E-state index contributed by atoms with van der Waals surface area (Å²) in [6.07, 6.45) is 3.64. The number of aliphatic hydroxyl groups excluding tert-OH is 1. The number of unbranched alkanes of at least 4 members (excludes halogenated alkanes) is 3. The van der Waals surface area contributed by atoms with Gasteiger partial charge in [0.1, 0.15) is 0 Å². The zero-order valence-corrected chi connectivity index (χ0v) is 16.9. The van der Waals surface area contributed by atoms with Crippen molar-refractivity contribution in [3.05, 3.63) is 46.5 Å². The van der Waals surface area contributed by atoms with Crippen LogP contribution in [0.15, 0.2) is 24.3 Å². The molecule has 1 N–H and O–H groups in total. The fourth-order valence-electron chi connectivity index (χ4n) is 4.28. The number of carbonyl (C=O) groups is 4. The van der Waals surface area contributed by atoms with Gasteiger partial charge in [-0.25, -0.2) is 0 Å². The van der Waals surface area contributed by atoms with Crippen molar-refractivity contribution in [3.8, 4) is 0 Å². The summed E-state index contributed by atoms with van der Waals surface area (Å²) in [6.45, 7) is 2.62. The second-order valence-electron chi connectivity index (χ2n) is 7.73. The van der Waals surface area contributed by atoms with Crippen molar-refractivity contribution in [2.24, 2.45) is 0 Å². The molecule has 156 valence electrons. The lowest BCUT2D eigenvalue weighted by molar-refractivity contribution is 0.0585. The van der Waals surface area contributed by atoms with E-state index in [4.69, 9.17) is 5.11 Å². The third-order valence-electron chi connectivity index (χ3n) is 5.84. The molecule has 4 rings (SSSR count). The molecule has 2 aromatic carbocycles. The summed E-state index contributed by atoms with van der Waals surface area (Å²) < 4.78 is 0. The Hall–Kier alpha value is -3.06. The molecule has 30 heavy (non-hydrogen) atoms. The van der Waals surface area contributed by atoms with Crippen LogP contribution in [0.25, 0.3) is 10.8 Å². The Morgan fingerprint density at radius 2 is 1.00 bits per heavy atom. The Morgan fingerprint density at radius 3 is 1.33 bits per heavy atom. The highest BCUT2D eigenvalue weighted by atomic mass is 16.3. The van der Waals surface area contributed by atoms with E-state index < -0.39 is 11.8 Å². The van der Waals surface area contributed by atoms with Gasteiger partial charge >= 0.3 is 0 Å². The zero-order chi connectivity index (χ0) is 21.4. The van der Waals surface area contributed by atoms with Gasteiger partial charge in [0.25, 0.3) is 23.6 Å². The van der Waals surface area contributed by atoms with Crippen molar-refractivity contribution in [3.63, 3.8) is 0 Å². The lowest BCUT2D eigenvalue weighted by Gasteiger charge is -2.32. The minimum absolute atomic E-state index is 0.00586. The van der Waals surface area contributed by atoms with Gasteiger partial charge in [0.2, 0.25) is 0 Å². The largest absolute Gasteiger partial charge is 0.396 e. The van der Waals surface area contributed by atoms with E-state index in [0.29, 0.717) is 52.4 Å². The minimum Gasteiger partial charge on any atom is -0.396 e. The quantitative estimate of drug-likeness (QED) is 0.535. The van der Waals surface area contributed by atoms with Crippen LogP contribution < -0.4 is 0 Å². The topological polar surface area (TPSA) is 95.0 Å². The molecule has 2 aliphatic rings. The molecule has 0 unspecified atom stereocenters. The van der Waals surface area contributed by atoms with Crippen LogP contribution >= 0.6 is 0 Å². The minimum atomic E-state index is -0.431. The SMILES string of the molecule is CCCCCN1C(=O)c2ccc3c4c(ccc(c24)C1=O)C(=O)N(CCCCO)C3=O. The second kappa shape index (κ2) is 7.99. The number of aliphatic hydroxyl groups is 1. The van der Waals surface area contributed by atoms with Crippen molar-refractivity contribution in [2.75, 3.05) is 19.7 Å². The predicted molar refractivity (Wildman–Crippen MR) is 111 cm³/mol. The Balaban J connectivity index is 1.80. The number of benzene rings is 2. The van der Waals surface area contributed by atoms with Crippen LogP contribution in [0.1, 0.15) is 80.5 Å². The van der Waals surface area contributed by atoms with E-state index in [9.17, 15) is 19.2 Å². The fraction of sp³-hybridized carbons (Fsp3) is 0.391. The first-order valence-electron chi connectivity index (χ1n) is 10.4. The van der Waals surface area contributed by atoms with Gasteiger partial charge in [-0.1, -0.05) is 19.8 Å². The molecule has 0 atom stereocenters. The second-order valence-corrected chi connectivity index (χ2v) is 7.73. The van der Waals surface area contributed by atoms with E-state index in [1.54, 1.807) is 24.3 Å². The van der Waals surface area contributed by atoms with Crippen molar-refractivity contribution in [1.82, 2.24) is 9.80 Å². The van der Waals surface area contributed by atoms with Gasteiger partial charge in [-0.05, 0) is 43.5 Å². The third-order valence-corrected chi connectivity index (χ3v) is 5.84. The van der Waals surface area contributed by atoms with Crippen LogP contribution in [-0.4, -0.2) is 58.2 Å². The molecule has 2 aliphatic heterocycles. The van der Waals surface area contributed by atoms with Crippen LogP contribution in [-0.2, 0) is 0 Å². The van der Waals surface area contributed by atoms with E-state index in [0.717, 1.165) is 19.3 Å². The normalized spacial score (nSPS) is 15.5. The summed E-state index contributed by atoms with van der Waals surface area (Å²) in [5, 5.41) is 9.79. The molecule has 0 saturated carbocycles. The molecular formula is C23H24N2O5. The fourth-order valence-corrected chi connectivity index (χ4v) is 4.28. The lowest BCUT2D eigenvalue weighted by atomic mass is 9.86. The smallest absolute Gasteiger partial charge is 0.261 e. The maximum Gasteiger partial charge on any atom is 0.261 e. The highest BCUT2D eigenvalue weighted by molar-refractivity contribution is 6.33. The van der Waals surface area contributed by atoms with Gasteiger partial charge in [0.05, 0.1) is 0 Å². The summed E-state index contributed by atoms with van der Waals surface area (Å²) in [4.78, 5) is 54.5. The first kappa shape index (κ1) is 20.2. The Morgan fingerprint density at radius 1 is 0.633 bits per heavy atom. The zero-order valence-electron chi connectivity index (χ0n) is 16.9. The molecule has 7 heteroatoms. The third kappa shape index (κ3) is 3.01. The summed E-state index contributed by atoms with van der Waals surface area (Å²) in [7, 11) is 0. The molecule has 0 radical (unpaired) electrons. The summed E-state index contributed by atoms with van der Waals surface area (Å²) in [6, 6.07) is 6.34. The van der Waals surface area contributed by atoms with E-state index in [1.165, 1.54) is 9.80 Å². The summed E-state index contributed by atoms with van der Waals surface area (Å²) in [5.74, 6) is -1.62. The van der Waals surface area contributed by atoms with Gasteiger partial charge in [0, 0.05) is 52.7 Å². The first-order valence-corrected chi connectivity index (χ1v) is 10.4. The molecule has 0 aromatic heterocycles. The molecule has 0 bridgehead atoms. The molecular weight excluding hydrogens is 384 g/mol. The average Bonchev–Trinajstić information content (AvgIpc) is 2.75.